The molecular formula is C21H34N2O2. The van der Waals surface area contributed by atoms with Crippen LogP contribution in [0.5, 0.6) is 0 Å². The lowest BCUT2D eigenvalue weighted by Gasteiger charge is -2.39. The van der Waals surface area contributed by atoms with Gasteiger partial charge in [0.05, 0.1) is 5.60 Å². The molecule has 1 aliphatic heterocycles. The van der Waals surface area contributed by atoms with Crippen molar-refractivity contribution < 1.29 is 9.53 Å². The highest BCUT2D eigenvalue weighted by atomic mass is 16.5. The first-order chi connectivity index (χ1) is 11.9. The van der Waals surface area contributed by atoms with Gasteiger partial charge in [-0.15, -0.1) is 0 Å². The first kappa shape index (κ1) is 19.9. The Morgan fingerprint density at radius 1 is 1.00 bits per heavy atom. The maximum absolute atomic E-state index is 10.7. The predicted molar refractivity (Wildman–Crippen MR) is 105 cm³/mol. The van der Waals surface area contributed by atoms with Crippen LogP contribution in [-0.2, 0) is 4.74 Å². The summed E-state index contributed by atoms with van der Waals surface area (Å²) in [6.45, 7) is 10.6. The van der Waals surface area contributed by atoms with Crippen LogP contribution >= 0.6 is 0 Å². The van der Waals surface area contributed by atoms with E-state index >= 15 is 0 Å². The van der Waals surface area contributed by atoms with Crippen molar-refractivity contribution in [1.82, 2.24) is 4.90 Å². The molecule has 4 heteroatoms. The van der Waals surface area contributed by atoms with E-state index < -0.39 is 0 Å². The van der Waals surface area contributed by atoms with Crippen LogP contribution < -0.4 is 4.90 Å². The lowest BCUT2D eigenvalue weighted by molar-refractivity contribution is 0.0397. The lowest BCUT2D eigenvalue weighted by atomic mass is 10.1. The fourth-order valence-electron chi connectivity index (χ4n) is 3.38. The number of piperazine rings is 1. The van der Waals surface area contributed by atoms with E-state index in [9.17, 15) is 4.79 Å². The van der Waals surface area contributed by atoms with Crippen LogP contribution in [0, 0.1) is 0 Å². The van der Waals surface area contributed by atoms with Gasteiger partial charge in [-0.05, 0) is 57.9 Å². The molecule has 0 spiro atoms. The van der Waals surface area contributed by atoms with Gasteiger partial charge >= 0.3 is 0 Å². The number of ether oxygens (including phenoxy) is 1. The lowest BCUT2D eigenvalue weighted by Crippen LogP contribution is -2.49. The van der Waals surface area contributed by atoms with E-state index in [4.69, 9.17) is 4.74 Å². The molecule has 0 atom stereocenters. The number of methoxy groups -OCH3 is 1. The van der Waals surface area contributed by atoms with E-state index in [1.807, 2.05) is 32.9 Å². The molecule has 0 unspecified atom stereocenters. The second-order valence-electron chi connectivity index (χ2n) is 7.99. The molecule has 4 nitrogen and oxygen atoms in total. The van der Waals surface area contributed by atoms with Gasteiger partial charge in [0, 0.05) is 50.6 Å². The highest BCUT2D eigenvalue weighted by Gasteiger charge is 2.26. The third-order valence-electron chi connectivity index (χ3n) is 5.16. The number of hydrogen-bond donors (Lipinski definition) is 0. The summed E-state index contributed by atoms with van der Waals surface area (Å²) in [6.07, 6.45) is 6.53. The minimum absolute atomic E-state index is 0.0417. The summed E-state index contributed by atoms with van der Waals surface area (Å²) in [6, 6.07) is 8.79. The summed E-state index contributed by atoms with van der Waals surface area (Å²) in [4.78, 5) is 15.8. The first-order valence-electron chi connectivity index (χ1n) is 9.52. The summed E-state index contributed by atoms with van der Waals surface area (Å²) >= 11 is 0. The zero-order valence-electron chi connectivity index (χ0n) is 16.3. The molecule has 140 valence electrons. The van der Waals surface area contributed by atoms with E-state index in [2.05, 4.69) is 21.9 Å². The van der Waals surface area contributed by atoms with Crippen LogP contribution in [0.2, 0.25) is 0 Å². The van der Waals surface area contributed by atoms with Crippen molar-refractivity contribution in [3.63, 3.8) is 0 Å². The van der Waals surface area contributed by atoms with Crippen LogP contribution in [0.4, 0.5) is 5.69 Å². The highest BCUT2D eigenvalue weighted by Crippen LogP contribution is 2.25. The molecule has 0 bridgehead atoms. The second kappa shape index (κ2) is 9.35. The van der Waals surface area contributed by atoms with Gasteiger partial charge in [-0.3, -0.25) is 9.69 Å². The molecule has 1 saturated heterocycles. The fourth-order valence-corrected chi connectivity index (χ4v) is 3.38. The number of aldehydes is 1. The number of carbonyl (C=O) groups excluding carboxylic acids is 1. The van der Waals surface area contributed by atoms with Crippen molar-refractivity contribution in [3.8, 4) is 0 Å². The fraction of sp³-hybridized carbons (Fsp3) is 0.667. The summed E-state index contributed by atoms with van der Waals surface area (Å²) in [5.41, 5.74) is 2.05. The van der Waals surface area contributed by atoms with E-state index in [1.165, 1.54) is 44.5 Å². The Labute approximate surface area is 153 Å². The van der Waals surface area contributed by atoms with Gasteiger partial charge < -0.3 is 9.64 Å². The Balaban J connectivity index is 0.000000326. The molecule has 1 aliphatic carbocycles. The molecule has 2 fully saturated rings. The Morgan fingerprint density at radius 3 is 1.96 bits per heavy atom. The average Bonchev–Trinajstić information content (AvgIpc) is 3.17. The Hall–Kier alpha value is -1.39. The highest BCUT2D eigenvalue weighted by molar-refractivity contribution is 5.75. The molecule has 0 N–H and O–H groups in total. The largest absolute Gasteiger partial charge is 0.379 e. The van der Waals surface area contributed by atoms with Gasteiger partial charge in [-0.1, -0.05) is 12.8 Å². The first-order valence-corrected chi connectivity index (χ1v) is 9.52. The van der Waals surface area contributed by atoms with Gasteiger partial charge in [-0.25, -0.2) is 0 Å². The molecule has 1 aromatic carbocycles. The summed E-state index contributed by atoms with van der Waals surface area (Å²) in [7, 11) is 1.71. The van der Waals surface area contributed by atoms with E-state index in [-0.39, 0.29) is 5.60 Å². The Kier molecular flexibility index (Phi) is 7.45. The Bertz CT molecular complexity index is 508. The molecule has 1 aromatic rings. The molecule has 0 aromatic heterocycles. The summed E-state index contributed by atoms with van der Waals surface area (Å²) < 4.78 is 4.94. The van der Waals surface area contributed by atoms with Crippen LogP contribution in [0.3, 0.4) is 0 Å². The molecule has 0 amide bonds. The maximum Gasteiger partial charge on any atom is 0.150 e. The van der Waals surface area contributed by atoms with Crippen LogP contribution in [0.15, 0.2) is 24.3 Å². The zero-order valence-corrected chi connectivity index (χ0v) is 16.3. The average molecular weight is 347 g/mol. The smallest absolute Gasteiger partial charge is 0.150 e. The minimum atomic E-state index is 0.0417. The number of rotatable bonds is 3. The molecule has 0 radical (unpaired) electrons. The van der Waals surface area contributed by atoms with Crippen LogP contribution in [0.1, 0.15) is 56.8 Å². The quantitative estimate of drug-likeness (QED) is 0.775. The van der Waals surface area contributed by atoms with Crippen molar-refractivity contribution >= 4 is 12.0 Å². The van der Waals surface area contributed by atoms with Crippen LogP contribution in [-0.4, -0.2) is 56.1 Å². The van der Waals surface area contributed by atoms with Crippen molar-refractivity contribution in [2.75, 3.05) is 38.2 Å². The number of benzene rings is 1. The third-order valence-corrected chi connectivity index (χ3v) is 5.16. The second-order valence-corrected chi connectivity index (χ2v) is 7.99. The normalized spacial score (nSPS) is 19.4. The number of carbonyl (C=O) groups is 1. The van der Waals surface area contributed by atoms with Gasteiger partial charge in [-0.2, -0.15) is 0 Å². The molecule has 25 heavy (non-hydrogen) atoms. The standard InChI is InChI=1S/C16H22N2O.C5H12O/c19-13-14-5-7-16(8-6-14)18-11-9-17(10-12-18)15-3-1-2-4-15;1-5(2,3)6-4/h5-8,13,15H,1-4,9-12H2;1-4H3. The van der Waals surface area contributed by atoms with E-state index in [1.54, 1.807) is 7.11 Å². The molecular weight excluding hydrogens is 312 g/mol. The Morgan fingerprint density at radius 2 is 1.52 bits per heavy atom. The van der Waals surface area contributed by atoms with Crippen molar-refractivity contribution in [1.29, 1.82) is 0 Å². The number of anilines is 1. The van der Waals surface area contributed by atoms with Crippen molar-refractivity contribution in [3.05, 3.63) is 29.8 Å². The molecule has 1 saturated carbocycles. The number of nitrogens with zero attached hydrogens (tertiary/aromatic N) is 2. The van der Waals surface area contributed by atoms with E-state index in [0.29, 0.717) is 0 Å². The topological polar surface area (TPSA) is 32.8 Å². The van der Waals surface area contributed by atoms with Gasteiger partial charge in [0.2, 0.25) is 0 Å². The molecule has 3 rings (SSSR count). The summed E-state index contributed by atoms with van der Waals surface area (Å²) in [5, 5.41) is 0. The maximum atomic E-state index is 10.7. The van der Waals surface area contributed by atoms with Crippen molar-refractivity contribution in [2.24, 2.45) is 0 Å². The molecule has 2 aliphatic rings. The van der Waals surface area contributed by atoms with Crippen molar-refractivity contribution in [2.45, 2.75) is 58.1 Å². The summed E-state index contributed by atoms with van der Waals surface area (Å²) in [5.74, 6) is 0. The predicted octanol–water partition coefficient (Wildman–Crippen LogP) is 4.00. The SMILES string of the molecule is COC(C)(C)C.O=Cc1ccc(N2CCN(C3CCCC3)CC2)cc1. The molecule has 1 heterocycles. The van der Waals surface area contributed by atoms with Gasteiger partial charge in [0.1, 0.15) is 6.29 Å². The van der Waals surface area contributed by atoms with E-state index in [0.717, 1.165) is 31.0 Å². The third kappa shape index (κ3) is 6.44. The monoisotopic (exact) mass is 346 g/mol. The van der Waals surface area contributed by atoms with Gasteiger partial charge in [0.15, 0.2) is 0 Å². The van der Waals surface area contributed by atoms with Gasteiger partial charge in [0.25, 0.3) is 0 Å². The zero-order chi connectivity index (χ0) is 18.3. The van der Waals surface area contributed by atoms with Crippen LogP contribution in [0.25, 0.3) is 0 Å². The minimum Gasteiger partial charge on any atom is -0.379 e. The number of hydrogen-bond acceptors (Lipinski definition) is 4.